The summed E-state index contributed by atoms with van der Waals surface area (Å²) in [6.07, 6.45) is 4.87. The maximum atomic E-state index is 12.6. The molecular formula is C24H28N4O3. The first-order chi connectivity index (χ1) is 15.1. The number of anilines is 2. The highest BCUT2D eigenvalue weighted by Crippen LogP contribution is 2.22. The van der Waals surface area contributed by atoms with Crippen LogP contribution >= 0.6 is 0 Å². The van der Waals surface area contributed by atoms with Crippen molar-refractivity contribution in [3.8, 4) is 0 Å². The lowest BCUT2D eigenvalue weighted by Crippen LogP contribution is -2.38. The average Bonchev–Trinajstić information content (AvgIpc) is 3.07. The molecular weight excluding hydrogens is 392 g/mol. The van der Waals surface area contributed by atoms with Crippen molar-refractivity contribution in [1.82, 2.24) is 10.2 Å². The smallest absolute Gasteiger partial charge is 0.325 e. The minimum absolute atomic E-state index is 0.291. The Bertz CT molecular complexity index is 924. The Balaban J connectivity index is 1.28. The molecule has 2 fully saturated rings. The van der Waals surface area contributed by atoms with Crippen LogP contribution in [0.2, 0.25) is 0 Å². The topological polar surface area (TPSA) is 81.8 Å². The van der Waals surface area contributed by atoms with Gasteiger partial charge in [0.1, 0.15) is 12.6 Å². The molecule has 31 heavy (non-hydrogen) atoms. The van der Waals surface area contributed by atoms with Crippen LogP contribution in [-0.4, -0.2) is 48.4 Å². The van der Waals surface area contributed by atoms with E-state index in [0.717, 1.165) is 29.2 Å². The Morgan fingerprint density at radius 1 is 0.968 bits per heavy atom. The number of urea groups is 1. The normalized spacial score (nSPS) is 18.8. The van der Waals surface area contributed by atoms with E-state index < -0.39 is 18.0 Å². The van der Waals surface area contributed by atoms with Crippen LogP contribution < -0.4 is 15.5 Å². The van der Waals surface area contributed by atoms with Crippen LogP contribution in [0.1, 0.15) is 31.2 Å². The average molecular weight is 421 g/mol. The predicted molar refractivity (Wildman–Crippen MR) is 120 cm³/mol. The number of carbonyl (C=O) groups is 3. The maximum absolute atomic E-state index is 12.6. The van der Waals surface area contributed by atoms with E-state index >= 15 is 0 Å². The van der Waals surface area contributed by atoms with Crippen LogP contribution in [0.5, 0.6) is 0 Å². The van der Waals surface area contributed by atoms with E-state index in [1.54, 1.807) is 0 Å². The van der Waals surface area contributed by atoms with Gasteiger partial charge in [0.15, 0.2) is 0 Å². The highest BCUT2D eigenvalue weighted by atomic mass is 16.2. The summed E-state index contributed by atoms with van der Waals surface area (Å²) in [6.45, 7) is 1.83. The second-order valence-corrected chi connectivity index (χ2v) is 8.09. The van der Waals surface area contributed by atoms with Crippen molar-refractivity contribution in [2.75, 3.05) is 29.9 Å². The number of nitrogens with one attached hydrogen (secondary N) is 2. The van der Waals surface area contributed by atoms with Gasteiger partial charge in [0.2, 0.25) is 5.91 Å². The third kappa shape index (κ3) is 5.23. The van der Waals surface area contributed by atoms with E-state index in [-0.39, 0.29) is 12.5 Å². The summed E-state index contributed by atoms with van der Waals surface area (Å²) in [7, 11) is 0. The van der Waals surface area contributed by atoms with Gasteiger partial charge in [0.05, 0.1) is 0 Å². The molecule has 2 aromatic rings. The minimum Gasteiger partial charge on any atom is -0.372 e. The lowest BCUT2D eigenvalue weighted by Gasteiger charge is -2.28. The summed E-state index contributed by atoms with van der Waals surface area (Å²) in [5.74, 6) is -0.741. The SMILES string of the molecule is O=C(CN1C(=O)N[C@@H](CCc2ccccc2)C1=O)Nc1ccc(N2CCCCC2)cc1. The molecule has 0 aromatic heterocycles. The molecule has 2 heterocycles. The zero-order chi connectivity index (χ0) is 21.6. The third-order valence-electron chi connectivity index (χ3n) is 5.85. The van der Waals surface area contributed by atoms with Gasteiger partial charge in [-0.25, -0.2) is 4.79 Å². The van der Waals surface area contributed by atoms with Crippen molar-refractivity contribution in [2.45, 2.75) is 38.1 Å². The fourth-order valence-corrected chi connectivity index (χ4v) is 4.13. The summed E-state index contributed by atoms with van der Waals surface area (Å²) in [4.78, 5) is 40.6. The number of carbonyl (C=O) groups excluding carboxylic acids is 3. The first-order valence-corrected chi connectivity index (χ1v) is 10.9. The van der Waals surface area contributed by atoms with Crippen LogP contribution in [0.15, 0.2) is 54.6 Å². The molecule has 4 rings (SSSR count). The highest BCUT2D eigenvalue weighted by Gasteiger charge is 2.38. The molecule has 4 amide bonds. The van der Waals surface area contributed by atoms with Crippen LogP contribution in [0.3, 0.4) is 0 Å². The van der Waals surface area contributed by atoms with E-state index in [0.29, 0.717) is 18.5 Å². The van der Waals surface area contributed by atoms with E-state index in [9.17, 15) is 14.4 Å². The number of hydrogen-bond donors (Lipinski definition) is 2. The van der Waals surface area contributed by atoms with Crippen molar-refractivity contribution in [3.05, 3.63) is 60.2 Å². The molecule has 2 aromatic carbocycles. The van der Waals surface area contributed by atoms with Crippen LogP contribution in [0.25, 0.3) is 0 Å². The number of amides is 4. The fourth-order valence-electron chi connectivity index (χ4n) is 4.13. The lowest BCUT2D eigenvalue weighted by molar-refractivity contribution is -0.130. The van der Waals surface area contributed by atoms with Crippen molar-refractivity contribution < 1.29 is 14.4 Å². The van der Waals surface area contributed by atoms with Crippen LogP contribution in [-0.2, 0) is 16.0 Å². The van der Waals surface area contributed by atoms with Gasteiger partial charge in [-0.2, -0.15) is 0 Å². The fraction of sp³-hybridized carbons (Fsp3) is 0.375. The van der Waals surface area contributed by atoms with Crippen molar-refractivity contribution >= 4 is 29.2 Å². The Morgan fingerprint density at radius 3 is 2.39 bits per heavy atom. The molecule has 0 bridgehead atoms. The minimum atomic E-state index is -0.593. The molecule has 2 saturated heterocycles. The van der Waals surface area contributed by atoms with Crippen molar-refractivity contribution in [1.29, 1.82) is 0 Å². The van der Waals surface area contributed by atoms with Gasteiger partial charge < -0.3 is 15.5 Å². The first kappa shape index (κ1) is 20.9. The van der Waals surface area contributed by atoms with Gasteiger partial charge in [0.25, 0.3) is 5.91 Å². The van der Waals surface area contributed by atoms with Crippen molar-refractivity contribution in [2.24, 2.45) is 0 Å². The quantitative estimate of drug-likeness (QED) is 0.674. The molecule has 0 spiro atoms. The Labute approximate surface area is 182 Å². The van der Waals surface area contributed by atoms with Crippen molar-refractivity contribution in [3.63, 3.8) is 0 Å². The summed E-state index contributed by atoms with van der Waals surface area (Å²) in [5, 5.41) is 5.47. The standard InChI is InChI=1S/C24H28N4O3/c29-22(25-19-10-12-20(13-11-19)27-15-5-2-6-16-27)17-28-23(30)21(26-24(28)31)14-9-18-7-3-1-4-8-18/h1,3-4,7-8,10-13,21H,2,5-6,9,14-17H2,(H,25,29)(H,26,31)/t21-/m0/s1. The van der Waals surface area contributed by atoms with Gasteiger partial charge in [0, 0.05) is 24.5 Å². The summed E-state index contributed by atoms with van der Waals surface area (Å²) < 4.78 is 0. The monoisotopic (exact) mass is 420 g/mol. The van der Waals surface area contributed by atoms with E-state index in [4.69, 9.17) is 0 Å². The Morgan fingerprint density at radius 2 is 1.68 bits per heavy atom. The molecule has 162 valence electrons. The van der Waals surface area contributed by atoms with Crippen LogP contribution in [0, 0.1) is 0 Å². The second-order valence-electron chi connectivity index (χ2n) is 8.09. The highest BCUT2D eigenvalue weighted by molar-refractivity contribution is 6.07. The van der Waals surface area contributed by atoms with Gasteiger partial charge in [-0.3, -0.25) is 14.5 Å². The molecule has 0 radical (unpaired) electrons. The number of hydrogen-bond acceptors (Lipinski definition) is 4. The summed E-state index contributed by atoms with van der Waals surface area (Å²) in [5.41, 5.74) is 2.90. The molecule has 7 nitrogen and oxygen atoms in total. The summed E-state index contributed by atoms with van der Waals surface area (Å²) >= 11 is 0. The number of nitrogens with zero attached hydrogens (tertiary/aromatic N) is 2. The molecule has 2 aliphatic heterocycles. The molecule has 7 heteroatoms. The lowest BCUT2D eigenvalue weighted by atomic mass is 10.1. The number of benzene rings is 2. The van der Waals surface area contributed by atoms with Crippen LogP contribution in [0.4, 0.5) is 16.2 Å². The maximum Gasteiger partial charge on any atom is 0.325 e. The second kappa shape index (κ2) is 9.64. The summed E-state index contributed by atoms with van der Waals surface area (Å²) in [6, 6.07) is 16.4. The van der Waals surface area contributed by atoms with Gasteiger partial charge in [-0.15, -0.1) is 0 Å². The molecule has 2 aliphatic rings. The third-order valence-corrected chi connectivity index (χ3v) is 5.85. The largest absolute Gasteiger partial charge is 0.372 e. The number of aryl methyl sites for hydroxylation is 1. The molecule has 2 N–H and O–H groups in total. The van der Waals surface area contributed by atoms with E-state index in [2.05, 4.69) is 15.5 Å². The number of imide groups is 1. The molecule has 0 aliphatic carbocycles. The zero-order valence-electron chi connectivity index (χ0n) is 17.5. The number of rotatable bonds is 7. The van der Waals surface area contributed by atoms with Gasteiger partial charge in [-0.05, 0) is 61.9 Å². The van der Waals surface area contributed by atoms with Gasteiger partial charge >= 0.3 is 6.03 Å². The molecule has 0 unspecified atom stereocenters. The number of piperidine rings is 1. The Hall–Kier alpha value is -3.35. The molecule has 0 saturated carbocycles. The van der Waals surface area contributed by atoms with E-state index in [1.165, 1.54) is 19.3 Å². The Kier molecular flexibility index (Phi) is 6.50. The predicted octanol–water partition coefficient (Wildman–Crippen LogP) is 3.17. The van der Waals surface area contributed by atoms with E-state index in [1.807, 2.05) is 54.6 Å². The molecule has 1 atom stereocenters. The zero-order valence-corrected chi connectivity index (χ0v) is 17.5. The first-order valence-electron chi connectivity index (χ1n) is 10.9. The van der Waals surface area contributed by atoms with Gasteiger partial charge in [-0.1, -0.05) is 30.3 Å².